The SMILES string of the molecule is C=C(C)c1cccc2c(C[C@H](C[SiH3])C(=O)OC)c[nH]c12. The summed E-state index contributed by atoms with van der Waals surface area (Å²) in [6.45, 7) is 6.02. The molecule has 3 nitrogen and oxygen atoms in total. The summed E-state index contributed by atoms with van der Waals surface area (Å²) in [6, 6.07) is 7.11. The lowest BCUT2D eigenvalue weighted by Crippen LogP contribution is -2.18. The van der Waals surface area contributed by atoms with Gasteiger partial charge < -0.3 is 9.72 Å². The van der Waals surface area contributed by atoms with Crippen LogP contribution in [0, 0.1) is 5.92 Å². The maximum absolute atomic E-state index is 11.8. The molecule has 1 N–H and O–H groups in total. The van der Waals surface area contributed by atoms with Gasteiger partial charge in [-0.05, 0) is 24.5 Å². The van der Waals surface area contributed by atoms with Crippen LogP contribution >= 0.6 is 0 Å². The molecule has 0 saturated carbocycles. The van der Waals surface area contributed by atoms with Crippen molar-refractivity contribution in [3.05, 3.63) is 42.1 Å². The third-order valence-electron chi connectivity index (χ3n) is 3.75. The summed E-state index contributed by atoms with van der Waals surface area (Å²) in [6.07, 6.45) is 2.74. The van der Waals surface area contributed by atoms with E-state index in [1.165, 1.54) is 18.1 Å². The molecule has 1 aromatic heterocycles. The number of carbonyl (C=O) groups is 1. The van der Waals surface area contributed by atoms with Crippen LogP contribution in [0.15, 0.2) is 31.0 Å². The Morgan fingerprint density at radius 1 is 1.50 bits per heavy atom. The van der Waals surface area contributed by atoms with Gasteiger partial charge in [-0.25, -0.2) is 0 Å². The van der Waals surface area contributed by atoms with Gasteiger partial charge in [0.2, 0.25) is 0 Å². The number of hydrogen-bond donors (Lipinski definition) is 1. The van der Waals surface area contributed by atoms with Gasteiger partial charge in [0, 0.05) is 27.4 Å². The summed E-state index contributed by atoms with van der Waals surface area (Å²) in [7, 11) is 2.45. The molecule has 4 heteroatoms. The first-order valence-electron chi connectivity index (χ1n) is 6.91. The van der Waals surface area contributed by atoms with Crippen molar-refractivity contribution in [1.29, 1.82) is 0 Å². The van der Waals surface area contributed by atoms with Crippen molar-refractivity contribution in [3.8, 4) is 0 Å². The summed E-state index contributed by atoms with van der Waals surface area (Å²) in [5, 5.41) is 1.18. The summed E-state index contributed by atoms with van der Waals surface area (Å²) < 4.78 is 4.89. The molecule has 1 aromatic carbocycles. The largest absolute Gasteiger partial charge is 0.469 e. The van der Waals surface area contributed by atoms with E-state index in [1.54, 1.807) is 0 Å². The number of methoxy groups -OCH3 is 1. The number of allylic oxidation sites excluding steroid dienone is 1. The molecule has 20 heavy (non-hydrogen) atoms. The van der Waals surface area contributed by atoms with E-state index in [4.69, 9.17) is 4.74 Å². The smallest absolute Gasteiger partial charge is 0.308 e. The van der Waals surface area contributed by atoms with Gasteiger partial charge >= 0.3 is 5.97 Å². The molecule has 0 aliphatic rings. The highest BCUT2D eigenvalue weighted by molar-refractivity contribution is 6.10. The lowest BCUT2D eigenvalue weighted by molar-refractivity contribution is -0.144. The molecule has 0 aliphatic heterocycles. The summed E-state index contributed by atoms with van der Waals surface area (Å²) in [5.74, 6) is -0.135. The van der Waals surface area contributed by atoms with Crippen molar-refractivity contribution in [2.24, 2.45) is 5.92 Å². The van der Waals surface area contributed by atoms with E-state index >= 15 is 0 Å². The normalized spacial score (nSPS) is 12.5. The zero-order valence-corrected chi connectivity index (χ0v) is 14.3. The number of para-hydroxylation sites is 1. The molecule has 0 unspecified atom stereocenters. The lowest BCUT2D eigenvalue weighted by Gasteiger charge is -2.11. The second-order valence-electron chi connectivity index (χ2n) is 5.15. The number of fused-ring (bicyclic) bond motifs is 1. The number of carbonyl (C=O) groups excluding carboxylic acids is 1. The lowest BCUT2D eigenvalue weighted by atomic mass is 9.98. The molecular formula is C16H21NO2Si. The summed E-state index contributed by atoms with van der Waals surface area (Å²) >= 11 is 0. The second kappa shape index (κ2) is 6.09. The van der Waals surface area contributed by atoms with Crippen LogP contribution < -0.4 is 0 Å². The van der Waals surface area contributed by atoms with Crippen molar-refractivity contribution in [1.82, 2.24) is 4.98 Å². The Hall–Kier alpha value is -1.81. The number of aromatic nitrogens is 1. The molecule has 0 fully saturated rings. The number of benzene rings is 1. The molecule has 1 atom stereocenters. The first-order valence-corrected chi connectivity index (χ1v) is 8.32. The molecule has 0 radical (unpaired) electrons. The first-order chi connectivity index (χ1) is 9.58. The minimum Gasteiger partial charge on any atom is -0.469 e. The number of esters is 1. The number of aromatic amines is 1. The Balaban J connectivity index is 2.39. The predicted octanol–water partition coefficient (Wildman–Crippen LogP) is 2.32. The van der Waals surface area contributed by atoms with Gasteiger partial charge in [0.25, 0.3) is 0 Å². The van der Waals surface area contributed by atoms with Gasteiger partial charge in [0.15, 0.2) is 0 Å². The van der Waals surface area contributed by atoms with Crippen molar-refractivity contribution in [2.75, 3.05) is 7.11 Å². The molecule has 106 valence electrons. The topological polar surface area (TPSA) is 42.1 Å². The fourth-order valence-electron chi connectivity index (χ4n) is 2.56. The molecular weight excluding hydrogens is 266 g/mol. The quantitative estimate of drug-likeness (QED) is 0.677. The number of nitrogens with one attached hydrogen (secondary N) is 1. The highest BCUT2D eigenvalue weighted by Crippen LogP contribution is 2.27. The Morgan fingerprint density at radius 3 is 2.85 bits per heavy atom. The van der Waals surface area contributed by atoms with E-state index in [2.05, 4.69) is 23.7 Å². The standard InChI is InChI=1S/C16H21NO2Si/c1-10(2)13-5-4-6-14-11(8-17-15(13)14)7-12(9-20)16(18)19-3/h4-6,8,12,17H,1,7,9H2,2-3,20H3/t12-/m1/s1. The van der Waals surface area contributed by atoms with Crippen LogP contribution in [0.5, 0.6) is 0 Å². The number of rotatable bonds is 5. The molecule has 0 bridgehead atoms. The number of ether oxygens (including phenoxy) is 1. The van der Waals surface area contributed by atoms with E-state index in [-0.39, 0.29) is 11.9 Å². The monoisotopic (exact) mass is 287 g/mol. The van der Waals surface area contributed by atoms with Crippen molar-refractivity contribution >= 4 is 32.7 Å². The van der Waals surface area contributed by atoms with Crippen LogP contribution in [0.1, 0.15) is 18.1 Å². The highest BCUT2D eigenvalue weighted by atomic mass is 28.1. The number of hydrogen-bond acceptors (Lipinski definition) is 2. The van der Waals surface area contributed by atoms with E-state index < -0.39 is 0 Å². The van der Waals surface area contributed by atoms with Gasteiger partial charge in [0.05, 0.1) is 18.5 Å². The zero-order valence-electron chi connectivity index (χ0n) is 12.3. The molecule has 2 aromatic rings. The van der Waals surface area contributed by atoms with Crippen LogP contribution in [0.25, 0.3) is 16.5 Å². The average molecular weight is 287 g/mol. The Bertz CT molecular complexity index is 645. The van der Waals surface area contributed by atoms with Crippen LogP contribution in [-0.4, -0.2) is 28.3 Å². The Kier molecular flexibility index (Phi) is 4.45. The van der Waals surface area contributed by atoms with E-state index in [1.807, 2.05) is 19.2 Å². The van der Waals surface area contributed by atoms with Crippen molar-refractivity contribution in [3.63, 3.8) is 0 Å². The third-order valence-corrected chi connectivity index (χ3v) is 4.74. The molecule has 2 rings (SSSR count). The van der Waals surface area contributed by atoms with Crippen LogP contribution in [0.3, 0.4) is 0 Å². The zero-order chi connectivity index (χ0) is 14.7. The molecule has 1 heterocycles. The molecule has 0 amide bonds. The van der Waals surface area contributed by atoms with Gasteiger partial charge in [-0.15, -0.1) is 0 Å². The van der Waals surface area contributed by atoms with Gasteiger partial charge in [-0.2, -0.15) is 0 Å². The van der Waals surface area contributed by atoms with Crippen molar-refractivity contribution < 1.29 is 9.53 Å². The maximum Gasteiger partial charge on any atom is 0.308 e. The second-order valence-corrected chi connectivity index (χ2v) is 5.97. The molecule has 0 aliphatic carbocycles. The van der Waals surface area contributed by atoms with Gasteiger partial charge in [0.1, 0.15) is 0 Å². The minimum absolute atomic E-state index is 0.0286. The summed E-state index contributed by atoms with van der Waals surface area (Å²) in [4.78, 5) is 15.1. The summed E-state index contributed by atoms with van der Waals surface area (Å²) in [5.41, 5.74) is 4.45. The highest BCUT2D eigenvalue weighted by Gasteiger charge is 2.19. The molecule has 0 saturated heterocycles. The maximum atomic E-state index is 11.8. The van der Waals surface area contributed by atoms with Gasteiger partial charge in [-0.3, -0.25) is 4.79 Å². The predicted molar refractivity (Wildman–Crippen MR) is 87.0 cm³/mol. The molecule has 0 spiro atoms. The Labute approximate surface area is 122 Å². The number of H-pyrrole nitrogens is 1. The fourth-order valence-corrected chi connectivity index (χ4v) is 3.19. The third kappa shape index (κ3) is 2.70. The first kappa shape index (κ1) is 14.6. The van der Waals surface area contributed by atoms with E-state index in [0.29, 0.717) is 0 Å². The van der Waals surface area contributed by atoms with E-state index in [9.17, 15) is 4.79 Å². The van der Waals surface area contributed by atoms with Crippen molar-refractivity contribution in [2.45, 2.75) is 19.4 Å². The van der Waals surface area contributed by atoms with E-state index in [0.717, 1.165) is 39.4 Å². The van der Waals surface area contributed by atoms with Crippen LogP contribution in [0.2, 0.25) is 6.04 Å². The van der Waals surface area contributed by atoms with Crippen LogP contribution in [0.4, 0.5) is 0 Å². The average Bonchev–Trinajstić information content (AvgIpc) is 2.86. The van der Waals surface area contributed by atoms with Crippen LogP contribution in [-0.2, 0) is 16.0 Å². The Morgan fingerprint density at radius 2 is 2.25 bits per heavy atom. The fraction of sp³-hybridized carbons (Fsp3) is 0.312. The minimum atomic E-state index is -0.106. The van der Waals surface area contributed by atoms with Gasteiger partial charge in [-0.1, -0.05) is 30.8 Å².